The van der Waals surface area contributed by atoms with Crippen LogP contribution in [0.5, 0.6) is 5.75 Å². The minimum Gasteiger partial charge on any atom is -0.482 e. The summed E-state index contributed by atoms with van der Waals surface area (Å²) in [5.41, 5.74) is 2.54. The van der Waals surface area contributed by atoms with Crippen molar-refractivity contribution in [3.05, 3.63) is 76.2 Å². The lowest BCUT2D eigenvalue weighted by molar-refractivity contribution is -0.154. The van der Waals surface area contributed by atoms with Crippen LogP contribution in [0.1, 0.15) is 34.5 Å². The molecule has 1 aliphatic rings. The van der Waals surface area contributed by atoms with E-state index < -0.39 is 24.5 Å². The molecular weight excluding hydrogens is 479 g/mol. The van der Waals surface area contributed by atoms with E-state index in [2.05, 4.69) is 22.6 Å². The maximum atomic E-state index is 12.9. The molecule has 186 valence electrons. The number of ether oxygens (including phenoxy) is 2. The summed E-state index contributed by atoms with van der Waals surface area (Å²) in [6.45, 7) is 2.95. The molecule has 0 aliphatic carbocycles. The second kappa shape index (κ2) is 10.8. The minimum absolute atomic E-state index is 0.168. The highest BCUT2D eigenvalue weighted by Gasteiger charge is 2.30. The van der Waals surface area contributed by atoms with Gasteiger partial charge in [0.05, 0.1) is 5.56 Å². The molecule has 0 amide bonds. The summed E-state index contributed by atoms with van der Waals surface area (Å²) in [5.74, 6) is -0.0476. The monoisotopic (exact) mass is 505 g/mol. The zero-order valence-corrected chi connectivity index (χ0v) is 20.0. The fourth-order valence-corrected chi connectivity index (χ4v) is 5.29. The van der Waals surface area contributed by atoms with Gasteiger partial charge in [0.2, 0.25) is 0 Å². The number of esters is 1. The molecule has 0 spiro atoms. The maximum absolute atomic E-state index is 12.9. The summed E-state index contributed by atoms with van der Waals surface area (Å²) in [6, 6.07) is 15.3. The van der Waals surface area contributed by atoms with Gasteiger partial charge in [-0.2, -0.15) is 13.2 Å². The number of hydrogen-bond acceptors (Lipinski definition) is 6. The number of halogens is 3. The van der Waals surface area contributed by atoms with Gasteiger partial charge in [-0.3, -0.25) is 4.90 Å². The van der Waals surface area contributed by atoms with Gasteiger partial charge in [-0.1, -0.05) is 18.2 Å². The summed E-state index contributed by atoms with van der Waals surface area (Å²) in [6.07, 6.45) is -2.63. The van der Waals surface area contributed by atoms with Gasteiger partial charge in [0.15, 0.2) is 13.4 Å². The summed E-state index contributed by atoms with van der Waals surface area (Å²) in [4.78, 5) is 15.9. The van der Waals surface area contributed by atoms with E-state index in [4.69, 9.17) is 9.84 Å². The van der Waals surface area contributed by atoms with Crippen molar-refractivity contribution >= 4 is 17.3 Å². The molecule has 2 heterocycles. The second-order valence-electron chi connectivity index (χ2n) is 8.35. The van der Waals surface area contributed by atoms with Gasteiger partial charge in [0, 0.05) is 28.9 Å². The number of carbonyl (C=O) groups excluding carboxylic acids is 1. The molecule has 9 heteroatoms. The van der Waals surface area contributed by atoms with Crippen molar-refractivity contribution in [1.29, 1.82) is 0 Å². The Morgan fingerprint density at radius 3 is 2.46 bits per heavy atom. The van der Waals surface area contributed by atoms with E-state index in [1.807, 2.05) is 24.3 Å². The molecule has 0 radical (unpaired) electrons. The van der Waals surface area contributed by atoms with Crippen molar-refractivity contribution in [1.82, 2.24) is 4.90 Å². The molecule has 0 fully saturated rings. The van der Waals surface area contributed by atoms with Crippen molar-refractivity contribution < 1.29 is 32.5 Å². The van der Waals surface area contributed by atoms with E-state index in [-0.39, 0.29) is 12.6 Å². The number of thiophene rings is 1. The highest BCUT2D eigenvalue weighted by Crippen LogP contribution is 2.36. The number of alkyl halides is 3. The fourth-order valence-electron chi connectivity index (χ4n) is 4.19. The van der Waals surface area contributed by atoms with Crippen LogP contribution in [0.2, 0.25) is 0 Å². The normalized spacial score (nSPS) is 15.2. The molecule has 5 nitrogen and oxygen atoms in total. The molecule has 1 aliphatic heterocycles. The number of rotatable bonds is 7. The molecule has 35 heavy (non-hydrogen) atoms. The van der Waals surface area contributed by atoms with Crippen LogP contribution < -0.4 is 4.74 Å². The third-order valence-electron chi connectivity index (χ3n) is 6.18. The maximum Gasteiger partial charge on any atom is 0.416 e. The van der Waals surface area contributed by atoms with Crippen molar-refractivity contribution in [2.45, 2.75) is 32.0 Å². The van der Waals surface area contributed by atoms with Crippen molar-refractivity contribution in [3.8, 4) is 16.2 Å². The summed E-state index contributed by atoms with van der Waals surface area (Å²) in [5, 5.41) is 8.63. The third kappa shape index (κ3) is 6.22. The van der Waals surface area contributed by atoms with Gasteiger partial charge in [0.25, 0.3) is 0 Å². The minimum atomic E-state index is -4.34. The molecule has 1 aromatic heterocycles. The van der Waals surface area contributed by atoms with Crippen LogP contribution in [0.4, 0.5) is 13.2 Å². The van der Waals surface area contributed by atoms with Crippen LogP contribution in [0, 0.1) is 0 Å². The van der Waals surface area contributed by atoms with E-state index in [1.165, 1.54) is 23.3 Å². The SMILES string of the molecule is CC(c1ccc(-c2ccc(C(F)(F)F)cc2)s1)N1CCc2ccc(OCC(=O)OCO)cc2CC1. The average Bonchev–Trinajstić information content (AvgIpc) is 3.23. The summed E-state index contributed by atoms with van der Waals surface area (Å²) >= 11 is 1.60. The van der Waals surface area contributed by atoms with Crippen molar-refractivity contribution in [2.24, 2.45) is 0 Å². The zero-order valence-electron chi connectivity index (χ0n) is 19.2. The number of aliphatic hydroxyl groups is 1. The Bertz CT molecular complexity index is 1160. The number of hydrogen-bond donors (Lipinski definition) is 1. The van der Waals surface area contributed by atoms with Crippen LogP contribution in [0.15, 0.2) is 54.6 Å². The summed E-state index contributed by atoms with van der Waals surface area (Å²) < 4.78 is 48.5. The van der Waals surface area contributed by atoms with E-state index in [9.17, 15) is 18.0 Å². The molecule has 3 aromatic rings. The lowest BCUT2D eigenvalue weighted by Crippen LogP contribution is -2.29. The largest absolute Gasteiger partial charge is 0.482 e. The second-order valence-corrected chi connectivity index (χ2v) is 9.47. The highest BCUT2D eigenvalue weighted by molar-refractivity contribution is 7.15. The predicted molar refractivity (Wildman–Crippen MR) is 127 cm³/mol. The Morgan fingerprint density at radius 1 is 1.06 bits per heavy atom. The fraction of sp³-hybridized carbons (Fsp3) is 0.346. The van der Waals surface area contributed by atoms with Crippen molar-refractivity contribution in [3.63, 3.8) is 0 Å². The number of benzene rings is 2. The van der Waals surface area contributed by atoms with Gasteiger partial charge in [0.1, 0.15) is 5.75 Å². The molecule has 4 rings (SSSR count). The van der Waals surface area contributed by atoms with Crippen LogP contribution in [-0.4, -0.2) is 42.5 Å². The predicted octanol–water partition coefficient (Wildman–Crippen LogP) is 5.47. The topological polar surface area (TPSA) is 59.0 Å². The number of aliphatic hydroxyl groups excluding tert-OH is 1. The Kier molecular flexibility index (Phi) is 7.78. The Balaban J connectivity index is 1.39. The standard InChI is InChI=1S/C26H26F3NO4S/c1-17(23-8-9-24(35-23)19-2-5-21(6-3-19)26(27,28)29)30-12-10-18-4-7-22(14-20(18)11-13-30)33-15-25(32)34-16-31/h2-9,14,17,31H,10-13,15-16H2,1H3. The highest BCUT2D eigenvalue weighted by atomic mass is 32.1. The molecule has 0 bridgehead atoms. The van der Waals surface area contributed by atoms with Crippen LogP contribution in [-0.2, 0) is 28.5 Å². The molecule has 0 saturated carbocycles. The van der Waals surface area contributed by atoms with Crippen molar-refractivity contribution in [2.75, 3.05) is 26.5 Å². The van der Waals surface area contributed by atoms with Gasteiger partial charge in [-0.15, -0.1) is 11.3 Å². The quantitative estimate of drug-likeness (QED) is 0.341. The third-order valence-corrected chi connectivity index (χ3v) is 7.48. The Labute approximate surface area is 205 Å². The first-order valence-corrected chi connectivity index (χ1v) is 12.1. The first-order chi connectivity index (χ1) is 16.7. The van der Waals surface area contributed by atoms with E-state index >= 15 is 0 Å². The molecule has 1 N–H and O–H groups in total. The summed E-state index contributed by atoms with van der Waals surface area (Å²) in [7, 11) is 0. The number of nitrogens with zero attached hydrogens (tertiary/aromatic N) is 1. The first-order valence-electron chi connectivity index (χ1n) is 11.3. The van der Waals surface area contributed by atoms with Crippen LogP contribution >= 0.6 is 11.3 Å². The Hall–Kier alpha value is -2.88. The van der Waals surface area contributed by atoms with E-state index in [1.54, 1.807) is 11.3 Å². The first kappa shape index (κ1) is 25.2. The van der Waals surface area contributed by atoms with Gasteiger partial charge in [-0.05, 0) is 72.9 Å². The lowest BCUT2D eigenvalue weighted by atomic mass is 10.0. The smallest absolute Gasteiger partial charge is 0.416 e. The Morgan fingerprint density at radius 2 is 1.77 bits per heavy atom. The molecule has 2 aromatic carbocycles. The van der Waals surface area contributed by atoms with E-state index in [0.29, 0.717) is 5.75 Å². The lowest BCUT2D eigenvalue weighted by Gasteiger charge is -2.26. The zero-order chi connectivity index (χ0) is 25.0. The van der Waals surface area contributed by atoms with E-state index in [0.717, 1.165) is 53.4 Å². The average molecular weight is 506 g/mol. The van der Waals surface area contributed by atoms with Gasteiger partial charge < -0.3 is 14.6 Å². The molecular formula is C26H26F3NO4S. The number of carbonyl (C=O) groups is 1. The van der Waals surface area contributed by atoms with Crippen LogP contribution in [0.25, 0.3) is 10.4 Å². The molecule has 0 saturated heterocycles. The van der Waals surface area contributed by atoms with Gasteiger partial charge in [-0.25, -0.2) is 4.79 Å². The number of fused-ring (bicyclic) bond motifs is 1. The molecule has 1 unspecified atom stereocenters. The molecule has 1 atom stereocenters. The van der Waals surface area contributed by atoms with Gasteiger partial charge >= 0.3 is 12.1 Å². The van der Waals surface area contributed by atoms with Crippen LogP contribution in [0.3, 0.4) is 0 Å².